The van der Waals surface area contributed by atoms with Gasteiger partial charge in [0, 0.05) is 12.4 Å². The number of fused-ring (bicyclic) bond motifs is 1. The molecule has 130 valence electrons. The van der Waals surface area contributed by atoms with Crippen LogP contribution in [-0.4, -0.2) is 21.9 Å². The lowest BCUT2D eigenvalue weighted by molar-refractivity contribution is -0.120. The van der Waals surface area contributed by atoms with Crippen molar-refractivity contribution in [2.75, 3.05) is 0 Å². The predicted molar refractivity (Wildman–Crippen MR) is 88.8 cm³/mol. The van der Waals surface area contributed by atoms with E-state index in [1.807, 2.05) is 0 Å². The lowest BCUT2D eigenvalue weighted by Crippen LogP contribution is -2.24. The van der Waals surface area contributed by atoms with E-state index in [1.165, 1.54) is 12.1 Å². The number of carbonyl (C=O) groups excluding carboxylic acids is 1. The van der Waals surface area contributed by atoms with Gasteiger partial charge in [-0.05, 0) is 29.8 Å². The summed E-state index contributed by atoms with van der Waals surface area (Å²) in [6, 6.07) is 9.49. The average Bonchev–Trinajstić information content (AvgIpc) is 2.96. The normalized spacial score (nSPS) is 11.0. The first-order valence-electron chi connectivity index (χ1n) is 7.43. The Bertz CT molecular complexity index is 881. The Hall–Kier alpha value is -2.67. The highest BCUT2D eigenvalue weighted by atomic mass is 35.5. The summed E-state index contributed by atoms with van der Waals surface area (Å²) in [6.07, 6.45) is 3.66. The predicted octanol–water partition coefficient (Wildman–Crippen LogP) is 3.45. The Kier molecular flexibility index (Phi) is 5.14. The SMILES string of the molecule is O=C(Cc1ccc(OC(F)F)cc1)NCc1cn2cc(Cl)ccc2n1. The minimum absolute atomic E-state index is 0.0579. The first-order valence-corrected chi connectivity index (χ1v) is 7.81. The number of hydrogen-bond acceptors (Lipinski definition) is 3. The molecule has 0 aliphatic carbocycles. The first-order chi connectivity index (χ1) is 12.0. The molecule has 0 atom stereocenters. The number of pyridine rings is 1. The molecule has 0 unspecified atom stereocenters. The van der Waals surface area contributed by atoms with Crippen LogP contribution in [0.3, 0.4) is 0 Å². The van der Waals surface area contributed by atoms with E-state index in [4.69, 9.17) is 11.6 Å². The molecule has 1 N–H and O–H groups in total. The Balaban J connectivity index is 1.55. The quantitative estimate of drug-likeness (QED) is 0.728. The van der Waals surface area contributed by atoms with E-state index in [-0.39, 0.29) is 24.6 Å². The summed E-state index contributed by atoms with van der Waals surface area (Å²) < 4.78 is 30.2. The largest absolute Gasteiger partial charge is 0.435 e. The number of aromatic nitrogens is 2. The molecule has 0 saturated carbocycles. The van der Waals surface area contributed by atoms with Gasteiger partial charge in [-0.1, -0.05) is 23.7 Å². The minimum Gasteiger partial charge on any atom is -0.435 e. The summed E-state index contributed by atoms with van der Waals surface area (Å²) in [5, 5.41) is 3.37. The minimum atomic E-state index is -2.87. The van der Waals surface area contributed by atoms with Crippen molar-refractivity contribution in [3.63, 3.8) is 0 Å². The van der Waals surface area contributed by atoms with Crippen molar-refractivity contribution in [2.24, 2.45) is 0 Å². The zero-order valence-electron chi connectivity index (χ0n) is 13.0. The molecule has 2 aromatic heterocycles. The van der Waals surface area contributed by atoms with Gasteiger partial charge in [-0.2, -0.15) is 8.78 Å². The van der Waals surface area contributed by atoms with Gasteiger partial charge in [0.1, 0.15) is 11.4 Å². The van der Waals surface area contributed by atoms with Gasteiger partial charge in [-0.3, -0.25) is 4.79 Å². The van der Waals surface area contributed by atoms with Gasteiger partial charge in [0.25, 0.3) is 0 Å². The summed E-state index contributed by atoms with van der Waals surface area (Å²) in [6.45, 7) is -2.58. The molecule has 0 fully saturated rings. The monoisotopic (exact) mass is 365 g/mol. The fourth-order valence-corrected chi connectivity index (χ4v) is 2.50. The van der Waals surface area contributed by atoms with Gasteiger partial charge >= 0.3 is 6.61 Å². The molecule has 1 amide bonds. The fourth-order valence-electron chi connectivity index (χ4n) is 2.33. The van der Waals surface area contributed by atoms with Crippen molar-refractivity contribution in [2.45, 2.75) is 19.6 Å². The molecule has 0 spiro atoms. The van der Waals surface area contributed by atoms with Gasteiger partial charge in [-0.15, -0.1) is 0 Å². The summed E-state index contributed by atoms with van der Waals surface area (Å²) in [5.41, 5.74) is 2.14. The number of nitrogens with zero attached hydrogens (tertiary/aromatic N) is 2. The molecule has 3 aromatic rings. The van der Waals surface area contributed by atoms with E-state index in [9.17, 15) is 13.6 Å². The van der Waals surface area contributed by atoms with Gasteiger partial charge in [0.15, 0.2) is 0 Å². The second kappa shape index (κ2) is 7.48. The van der Waals surface area contributed by atoms with Crippen LogP contribution in [0.2, 0.25) is 5.02 Å². The van der Waals surface area contributed by atoms with Crippen LogP contribution in [-0.2, 0) is 17.8 Å². The summed E-state index contributed by atoms with van der Waals surface area (Å²) in [4.78, 5) is 16.4. The molecule has 1 aromatic carbocycles. The van der Waals surface area contributed by atoms with Crippen molar-refractivity contribution < 1.29 is 18.3 Å². The van der Waals surface area contributed by atoms with E-state index in [0.29, 0.717) is 16.3 Å². The van der Waals surface area contributed by atoms with Gasteiger partial charge < -0.3 is 14.5 Å². The lowest BCUT2D eigenvalue weighted by Gasteiger charge is -2.06. The van der Waals surface area contributed by atoms with Gasteiger partial charge in [0.05, 0.1) is 23.7 Å². The maximum atomic E-state index is 12.1. The van der Waals surface area contributed by atoms with Crippen molar-refractivity contribution in [3.8, 4) is 5.75 Å². The highest BCUT2D eigenvalue weighted by molar-refractivity contribution is 6.30. The second-order valence-corrected chi connectivity index (χ2v) is 5.76. The van der Waals surface area contributed by atoms with E-state index in [2.05, 4.69) is 15.0 Å². The lowest BCUT2D eigenvalue weighted by atomic mass is 10.1. The highest BCUT2D eigenvalue weighted by Crippen LogP contribution is 2.15. The third-order valence-electron chi connectivity index (χ3n) is 3.44. The molecule has 0 bridgehead atoms. The molecule has 5 nitrogen and oxygen atoms in total. The molecule has 25 heavy (non-hydrogen) atoms. The average molecular weight is 366 g/mol. The number of ether oxygens (including phenoxy) is 1. The smallest absolute Gasteiger partial charge is 0.387 e. The zero-order valence-corrected chi connectivity index (χ0v) is 13.7. The maximum Gasteiger partial charge on any atom is 0.387 e. The Morgan fingerprint density at radius 3 is 2.68 bits per heavy atom. The van der Waals surface area contributed by atoms with Crippen molar-refractivity contribution >= 4 is 23.2 Å². The second-order valence-electron chi connectivity index (χ2n) is 5.32. The standard InChI is InChI=1S/C17H14ClF2N3O2/c18-12-3-6-15-22-13(10-23(15)9-12)8-21-16(24)7-11-1-4-14(5-2-11)25-17(19)20/h1-6,9-10,17H,7-8H2,(H,21,24). The van der Waals surface area contributed by atoms with Crippen molar-refractivity contribution in [1.29, 1.82) is 0 Å². The molecule has 3 rings (SSSR count). The van der Waals surface area contributed by atoms with Crippen LogP contribution in [0.4, 0.5) is 8.78 Å². The van der Waals surface area contributed by atoms with Crippen molar-refractivity contribution in [3.05, 3.63) is 65.1 Å². The topological polar surface area (TPSA) is 55.6 Å². The van der Waals surface area contributed by atoms with Crippen LogP contribution in [0.5, 0.6) is 5.75 Å². The molecule has 0 aliphatic rings. The van der Waals surface area contributed by atoms with Crippen LogP contribution >= 0.6 is 11.6 Å². The third kappa shape index (κ3) is 4.67. The number of carbonyl (C=O) groups is 1. The number of benzene rings is 1. The van der Waals surface area contributed by atoms with Crippen LogP contribution in [0.15, 0.2) is 48.8 Å². The molecule has 0 radical (unpaired) electrons. The Morgan fingerprint density at radius 2 is 1.96 bits per heavy atom. The fraction of sp³-hybridized carbons (Fsp3) is 0.176. The number of nitrogens with one attached hydrogen (secondary N) is 1. The summed E-state index contributed by atoms with van der Waals surface area (Å²) >= 11 is 5.92. The number of rotatable bonds is 6. The Labute approximate surface area is 147 Å². The van der Waals surface area contributed by atoms with Gasteiger partial charge in [-0.25, -0.2) is 4.98 Å². The number of alkyl halides is 2. The summed E-state index contributed by atoms with van der Waals surface area (Å²) in [5.74, 6) is -0.139. The first kappa shape index (κ1) is 17.2. The third-order valence-corrected chi connectivity index (χ3v) is 3.67. The van der Waals surface area contributed by atoms with Crippen LogP contribution in [0, 0.1) is 0 Å². The Morgan fingerprint density at radius 1 is 1.20 bits per heavy atom. The van der Waals surface area contributed by atoms with E-state index >= 15 is 0 Å². The molecule has 0 aliphatic heterocycles. The maximum absolute atomic E-state index is 12.1. The van der Waals surface area contributed by atoms with Crippen LogP contribution in [0.25, 0.3) is 5.65 Å². The van der Waals surface area contributed by atoms with Crippen LogP contribution in [0.1, 0.15) is 11.3 Å². The number of imidazole rings is 1. The molecular weight excluding hydrogens is 352 g/mol. The molecule has 0 saturated heterocycles. The molecule has 8 heteroatoms. The highest BCUT2D eigenvalue weighted by Gasteiger charge is 2.08. The van der Waals surface area contributed by atoms with Gasteiger partial charge in [0.2, 0.25) is 5.91 Å². The number of halogens is 3. The zero-order chi connectivity index (χ0) is 17.8. The summed E-state index contributed by atoms with van der Waals surface area (Å²) in [7, 11) is 0. The van der Waals surface area contributed by atoms with E-state index in [0.717, 1.165) is 5.65 Å². The van der Waals surface area contributed by atoms with E-state index in [1.54, 1.807) is 41.1 Å². The number of amides is 1. The molecular formula is C17H14ClF2N3O2. The molecule has 2 heterocycles. The van der Waals surface area contributed by atoms with Crippen LogP contribution < -0.4 is 10.1 Å². The van der Waals surface area contributed by atoms with Crippen molar-refractivity contribution in [1.82, 2.24) is 14.7 Å². The number of hydrogen-bond donors (Lipinski definition) is 1. The van der Waals surface area contributed by atoms with E-state index < -0.39 is 6.61 Å².